The lowest BCUT2D eigenvalue weighted by Gasteiger charge is -2.09. The van der Waals surface area contributed by atoms with E-state index in [9.17, 15) is 13.2 Å². The first-order valence-corrected chi connectivity index (χ1v) is 9.05. The van der Waals surface area contributed by atoms with E-state index in [1.807, 2.05) is 6.92 Å². The van der Waals surface area contributed by atoms with Crippen molar-refractivity contribution in [2.45, 2.75) is 11.8 Å². The van der Waals surface area contributed by atoms with Crippen LogP contribution in [0.5, 0.6) is 5.75 Å². The van der Waals surface area contributed by atoms with Crippen molar-refractivity contribution in [3.05, 3.63) is 65.7 Å². The van der Waals surface area contributed by atoms with Gasteiger partial charge in [-0.3, -0.25) is 0 Å². The van der Waals surface area contributed by atoms with E-state index in [0.717, 1.165) is 13.3 Å². The number of anilines is 1. The number of carbonyl (C=O) groups is 1. The Bertz CT molecular complexity index is 843. The Morgan fingerprint density at radius 2 is 1.72 bits per heavy atom. The molecule has 6 nitrogen and oxygen atoms in total. The quantitative estimate of drug-likeness (QED) is 0.603. The largest absolute Gasteiger partial charge is 0.494 e. The van der Waals surface area contributed by atoms with Crippen LogP contribution >= 0.6 is 0 Å². The molecule has 0 radical (unpaired) electrons. The third-order valence-corrected chi connectivity index (χ3v) is 5.02. The topological polar surface area (TPSA) is 81.7 Å². The molecule has 132 valence electrons. The highest BCUT2D eigenvalue weighted by Crippen LogP contribution is 2.21. The zero-order valence-corrected chi connectivity index (χ0v) is 14.7. The minimum absolute atomic E-state index is 0.0140. The van der Waals surface area contributed by atoms with Crippen LogP contribution < -0.4 is 10.1 Å². The van der Waals surface area contributed by atoms with Gasteiger partial charge in [0.15, 0.2) is 4.91 Å². The van der Waals surface area contributed by atoms with Crippen LogP contribution in [0.3, 0.4) is 0 Å². The highest BCUT2D eigenvalue weighted by molar-refractivity contribution is 7.96. The van der Waals surface area contributed by atoms with E-state index in [2.05, 4.69) is 10.1 Å². The molecule has 25 heavy (non-hydrogen) atoms. The summed E-state index contributed by atoms with van der Waals surface area (Å²) in [5, 5.41) is 2.81. The molecule has 0 heterocycles. The van der Waals surface area contributed by atoms with Crippen LogP contribution in [0.1, 0.15) is 6.92 Å². The van der Waals surface area contributed by atoms with Gasteiger partial charge in [-0.2, -0.15) is 0 Å². The van der Waals surface area contributed by atoms with Gasteiger partial charge >= 0.3 is 5.97 Å². The summed E-state index contributed by atoms with van der Waals surface area (Å²) in [6.45, 7) is 2.43. The van der Waals surface area contributed by atoms with Crippen LogP contribution in [0.25, 0.3) is 0 Å². The Kier molecular flexibility index (Phi) is 6.19. The molecule has 0 aliphatic rings. The summed E-state index contributed by atoms with van der Waals surface area (Å²) in [5.74, 6) is -0.246. The predicted octanol–water partition coefficient (Wildman–Crippen LogP) is 2.99. The number of sulfone groups is 1. The number of rotatable bonds is 7. The van der Waals surface area contributed by atoms with Crippen molar-refractivity contribution in [2.24, 2.45) is 0 Å². The number of carbonyl (C=O) groups excluding carboxylic acids is 1. The first-order chi connectivity index (χ1) is 12.0. The zero-order valence-electron chi connectivity index (χ0n) is 13.9. The summed E-state index contributed by atoms with van der Waals surface area (Å²) in [6, 6.07) is 14.6. The molecule has 0 aliphatic heterocycles. The van der Waals surface area contributed by atoms with E-state index < -0.39 is 20.7 Å². The van der Waals surface area contributed by atoms with Crippen molar-refractivity contribution < 1.29 is 22.7 Å². The van der Waals surface area contributed by atoms with Gasteiger partial charge < -0.3 is 14.8 Å². The lowest BCUT2D eigenvalue weighted by molar-refractivity contribution is -0.135. The summed E-state index contributed by atoms with van der Waals surface area (Å²) < 4.78 is 35.3. The van der Waals surface area contributed by atoms with E-state index in [1.165, 1.54) is 12.1 Å². The van der Waals surface area contributed by atoms with Crippen LogP contribution in [0.15, 0.2) is 70.6 Å². The summed E-state index contributed by atoms with van der Waals surface area (Å²) >= 11 is 0. The van der Waals surface area contributed by atoms with Gasteiger partial charge in [-0.25, -0.2) is 13.2 Å². The highest BCUT2D eigenvalue weighted by atomic mass is 32.2. The van der Waals surface area contributed by atoms with Crippen LogP contribution in [0, 0.1) is 0 Å². The maximum Gasteiger partial charge on any atom is 0.351 e. The van der Waals surface area contributed by atoms with Gasteiger partial charge in [-0.15, -0.1) is 0 Å². The normalized spacial score (nSPS) is 11.7. The molecule has 1 N–H and O–H groups in total. The number of nitrogens with one attached hydrogen (secondary N) is 1. The Labute approximate surface area is 147 Å². The SMILES string of the molecule is CCOc1ccc(NC=C(C(=O)OC)S(=O)(=O)c2ccccc2)cc1. The highest BCUT2D eigenvalue weighted by Gasteiger charge is 2.27. The van der Waals surface area contributed by atoms with Crippen LogP contribution in [0.4, 0.5) is 5.69 Å². The molecular weight excluding hydrogens is 342 g/mol. The molecule has 0 aromatic heterocycles. The number of esters is 1. The number of hydrogen-bond donors (Lipinski definition) is 1. The fourth-order valence-corrected chi connectivity index (χ4v) is 3.32. The Hall–Kier alpha value is -2.80. The molecule has 0 saturated carbocycles. The summed E-state index contributed by atoms with van der Waals surface area (Å²) in [7, 11) is -2.87. The molecule has 2 rings (SSSR count). The number of methoxy groups -OCH3 is 1. The second kappa shape index (κ2) is 8.34. The lowest BCUT2D eigenvalue weighted by Crippen LogP contribution is -2.16. The van der Waals surface area contributed by atoms with Crippen molar-refractivity contribution in [3.63, 3.8) is 0 Å². The summed E-state index contributed by atoms with van der Waals surface area (Å²) in [5.41, 5.74) is 0.605. The average Bonchev–Trinajstić information content (AvgIpc) is 2.63. The second-order valence-electron chi connectivity index (χ2n) is 4.92. The van der Waals surface area contributed by atoms with Crippen LogP contribution in [-0.4, -0.2) is 28.1 Å². The smallest absolute Gasteiger partial charge is 0.351 e. The number of benzene rings is 2. The Balaban J connectivity index is 2.31. The minimum Gasteiger partial charge on any atom is -0.494 e. The maximum atomic E-state index is 12.7. The number of ether oxygens (including phenoxy) is 2. The molecule has 0 bridgehead atoms. The lowest BCUT2D eigenvalue weighted by atomic mass is 10.3. The molecule has 0 unspecified atom stereocenters. The Morgan fingerprint density at radius 3 is 2.28 bits per heavy atom. The molecule has 2 aromatic rings. The van der Waals surface area contributed by atoms with Crippen molar-refractivity contribution in [1.29, 1.82) is 0 Å². The van der Waals surface area contributed by atoms with E-state index in [4.69, 9.17) is 4.74 Å². The van der Waals surface area contributed by atoms with Crippen molar-refractivity contribution in [2.75, 3.05) is 19.0 Å². The fraction of sp³-hybridized carbons (Fsp3) is 0.167. The van der Waals surface area contributed by atoms with Gasteiger partial charge in [0.1, 0.15) is 5.75 Å². The summed E-state index contributed by atoms with van der Waals surface area (Å²) in [6.07, 6.45) is 1.13. The first kappa shape index (κ1) is 18.5. The number of hydrogen-bond acceptors (Lipinski definition) is 6. The molecule has 0 saturated heterocycles. The molecular formula is C18H19NO5S. The van der Waals surface area contributed by atoms with E-state index in [-0.39, 0.29) is 4.90 Å². The second-order valence-corrected chi connectivity index (χ2v) is 6.84. The van der Waals surface area contributed by atoms with Gasteiger partial charge in [-0.1, -0.05) is 18.2 Å². The zero-order chi connectivity index (χ0) is 18.3. The molecule has 0 atom stereocenters. The maximum absolute atomic E-state index is 12.7. The van der Waals surface area contributed by atoms with Crippen molar-refractivity contribution >= 4 is 21.5 Å². The average molecular weight is 361 g/mol. The molecule has 0 fully saturated rings. The fourth-order valence-electron chi connectivity index (χ4n) is 2.04. The Morgan fingerprint density at radius 1 is 1.08 bits per heavy atom. The van der Waals surface area contributed by atoms with Gasteiger partial charge in [0, 0.05) is 11.9 Å². The monoisotopic (exact) mass is 361 g/mol. The summed E-state index contributed by atoms with van der Waals surface area (Å²) in [4.78, 5) is 11.5. The van der Waals surface area contributed by atoms with Gasteiger partial charge in [0.25, 0.3) is 0 Å². The van der Waals surface area contributed by atoms with Crippen molar-refractivity contribution in [1.82, 2.24) is 0 Å². The molecule has 0 amide bonds. The van der Waals surface area contributed by atoms with E-state index >= 15 is 0 Å². The van der Waals surface area contributed by atoms with Gasteiger partial charge in [0.2, 0.25) is 9.84 Å². The molecule has 7 heteroatoms. The van der Waals surface area contributed by atoms with E-state index in [0.29, 0.717) is 18.0 Å². The first-order valence-electron chi connectivity index (χ1n) is 7.57. The predicted molar refractivity (Wildman–Crippen MR) is 95.0 cm³/mol. The van der Waals surface area contributed by atoms with Gasteiger partial charge in [0.05, 0.1) is 18.6 Å². The van der Waals surface area contributed by atoms with Crippen LogP contribution in [-0.2, 0) is 19.4 Å². The van der Waals surface area contributed by atoms with Crippen LogP contribution in [0.2, 0.25) is 0 Å². The van der Waals surface area contributed by atoms with E-state index in [1.54, 1.807) is 42.5 Å². The molecule has 0 aliphatic carbocycles. The third kappa shape index (κ3) is 4.60. The standard InChI is InChI=1S/C18H19NO5S/c1-3-24-15-11-9-14(10-12-15)19-13-17(18(20)23-2)25(21,22)16-7-5-4-6-8-16/h4-13,19H,3H2,1-2H3. The molecule has 2 aromatic carbocycles. The molecule has 0 spiro atoms. The van der Waals surface area contributed by atoms with Crippen molar-refractivity contribution in [3.8, 4) is 5.75 Å². The third-order valence-electron chi connectivity index (χ3n) is 3.26. The minimum atomic E-state index is -4.00. The van der Waals surface area contributed by atoms with Gasteiger partial charge in [-0.05, 0) is 43.3 Å².